The van der Waals surface area contributed by atoms with Crippen molar-refractivity contribution in [1.82, 2.24) is 5.06 Å². The van der Waals surface area contributed by atoms with Gasteiger partial charge in [-0.1, -0.05) is 0 Å². The molecule has 0 saturated carbocycles. The largest absolute Gasteiger partial charge is 0.460 e. The summed E-state index contributed by atoms with van der Waals surface area (Å²) in [7, 11) is 0. The van der Waals surface area contributed by atoms with Gasteiger partial charge in [-0.15, -0.1) is 10.3 Å². The van der Waals surface area contributed by atoms with Gasteiger partial charge in [-0.25, -0.2) is 4.79 Å². The van der Waals surface area contributed by atoms with Crippen LogP contribution in [0.5, 0.6) is 0 Å². The van der Waals surface area contributed by atoms with Gasteiger partial charge in [-0.3, -0.25) is 0 Å². The van der Waals surface area contributed by atoms with Gasteiger partial charge in [0.05, 0.1) is 0 Å². The fourth-order valence-electron chi connectivity index (χ4n) is 3.58. The lowest BCUT2D eigenvalue weighted by atomic mass is 9.80. The first-order chi connectivity index (χ1) is 15.4. The standard InChI is InChI=1S/C17H17F15NO3/c1-9(2)5-7(6-10(3,4)33(9)35)36-8(34)11(18,19)12(20,21)13(22,23)14(24,25)15(26,27)16(28,29)17(30,31)32/h7H,5-6H2,1-4H3. The van der Waals surface area contributed by atoms with Gasteiger partial charge < -0.3 is 4.74 Å². The first-order valence-electron chi connectivity index (χ1n) is 9.38. The number of rotatable bonds is 7. The summed E-state index contributed by atoms with van der Waals surface area (Å²) in [5, 5.41) is 12.5. The minimum atomic E-state index is -8.50. The molecule has 213 valence electrons. The van der Waals surface area contributed by atoms with Crippen molar-refractivity contribution >= 4 is 5.97 Å². The molecule has 1 aliphatic rings. The first kappa shape index (κ1) is 32.4. The van der Waals surface area contributed by atoms with Crippen LogP contribution in [0.1, 0.15) is 40.5 Å². The number of ether oxygens (including phenoxy) is 1. The van der Waals surface area contributed by atoms with Crippen LogP contribution in [0, 0.1) is 0 Å². The number of hydroxylamine groups is 2. The summed E-state index contributed by atoms with van der Waals surface area (Å²) in [4.78, 5) is 11.6. The Morgan fingerprint density at radius 3 is 1.28 bits per heavy atom. The fourth-order valence-corrected chi connectivity index (χ4v) is 3.58. The van der Waals surface area contributed by atoms with Crippen LogP contribution in [0.2, 0.25) is 0 Å². The Morgan fingerprint density at radius 2 is 0.944 bits per heavy atom. The molecule has 36 heavy (non-hydrogen) atoms. The Balaban J connectivity index is 3.43. The second-order valence-electron chi connectivity index (χ2n) is 9.30. The molecule has 0 aromatic rings. The smallest absolute Gasteiger partial charge is 0.458 e. The van der Waals surface area contributed by atoms with Gasteiger partial charge in [0.2, 0.25) is 0 Å². The van der Waals surface area contributed by atoms with Crippen molar-refractivity contribution in [3.8, 4) is 0 Å². The monoisotopic (exact) mass is 568 g/mol. The van der Waals surface area contributed by atoms with Gasteiger partial charge in [0.15, 0.2) is 0 Å². The maximum atomic E-state index is 14.0. The van der Waals surface area contributed by atoms with E-state index < -0.39 is 77.7 Å². The highest BCUT2D eigenvalue weighted by Gasteiger charge is 2.94. The Kier molecular flexibility index (Phi) is 7.57. The molecule has 1 rings (SSSR count). The minimum Gasteiger partial charge on any atom is -0.458 e. The number of esters is 1. The molecule has 0 N–H and O–H groups in total. The van der Waals surface area contributed by atoms with E-state index in [9.17, 15) is 75.9 Å². The van der Waals surface area contributed by atoms with Crippen LogP contribution >= 0.6 is 0 Å². The van der Waals surface area contributed by atoms with Gasteiger partial charge in [-0.05, 0) is 27.7 Å². The maximum absolute atomic E-state index is 14.0. The quantitative estimate of drug-likeness (QED) is 0.269. The highest BCUT2D eigenvalue weighted by Crippen LogP contribution is 2.62. The van der Waals surface area contributed by atoms with E-state index in [4.69, 9.17) is 0 Å². The SMILES string of the molecule is CC1(C)CC(OC(=O)C(F)(F)C(F)(F)C(F)(F)C(F)(F)C(F)(F)C(F)(F)C(F)(F)F)CC(C)(C)N1[O]. The van der Waals surface area contributed by atoms with Gasteiger partial charge in [0.25, 0.3) is 0 Å². The first-order valence-corrected chi connectivity index (χ1v) is 9.38. The Bertz CT molecular complexity index is 833. The molecule has 0 atom stereocenters. The number of hydrogen-bond donors (Lipinski definition) is 0. The normalized spacial score (nSPS) is 21.4. The van der Waals surface area contributed by atoms with Crippen LogP contribution in [0.3, 0.4) is 0 Å². The molecule has 0 amide bonds. The Labute approximate surface area is 192 Å². The minimum absolute atomic E-state index is 0.384. The van der Waals surface area contributed by atoms with Gasteiger partial charge in [-0.2, -0.15) is 65.9 Å². The molecule has 4 nitrogen and oxygen atoms in total. The molecule has 0 aliphatic carbocycles. The number of halogens is 15. The number of piperidine rings is 1. The zero-order valence-electron chi connectivity index (χ0n) is 18.3. The van der Waals surface area contributed by atoms with Crippen molar-refractivity contribution in [1.29, 1.82) is 0 Å². The predicted molar refractivity (Wildman–Crippen MR) is 85.5 cm³/mol. The molecule has 0 unspecified atom stereocenters. The van der Waals surface area contributed by atoms with E-state index in [2.05, 4.69) is 4.74 Å². The maximum Gasteiger partial charge on any atom is 0.460 e. The summed E-state index contributed by atoms with van der Waals surface area (Å²) >= 11 is 0. The summed E-state index contributed by atoms with van der Waals surface area (Å²) in [5.74, 6) is -52.3. The molecular formula is C17H17F15NO3. The third-order valence-corrected chi connectivity index (χ3v) is 5.41. The van der Waals surface area contributed by atoms with Crippen molar-refractivity contribution < 1.29 is 80.6 Å². The van der Waals surface area contributed by atoms with Gasteiger partial charge >= 0.3 is 47.7 Å². The van der Waals surface area contributed by atoms with Crippen molar-refractivity contribution in [2.24, 2.45) is 0 Å². The van der Waals surface area contributed by atoms with E-state index in [-0.39, 0.29) is 0 Å². The Hall–Kier alpha value is -1.66. The third-order valence-electron chi connectivity index (χ3n) is 5.41. The van der Waals surface area contributed by atoms with E-state index in [0.29, 0.717) is 5.06 Å². The summed E-state index contributed by atoms with van der Waals surface area (Å²) in [6.07, 6.45) is -11.1. The molecule has 1 radical (unpaired) electrons. The van der Waals surface area contributed by atoms with Crippen LogP contribution in [0.15, 0.2) is 0 Å². The van der Waals surface area contributed by atoms with E-state index in [1.54, 1.807) is 0 Å². The second kappa shape index (κ2) is 8.42. The highest BCUT2D eigenvalue weighted by molar-refractivity contribution is 5.79. The summed E-state index contributed by atoms with van der Waals surface area (Å²) < 4.78 is 202. The second-order valence-corrected chi connectivity index (χ2v) is 9.30. The zero-order valence-corrected chi connectivity index (χ0v) is 18.3. The number of nitrogens with zero attached hydrogens (tertiary/aromatic N) is 1. The number of carbonyl (C=O) groups excluding carboxylic acids is 1. The van der Waals surface area contributed by atoms with Gasteiger partial charge in [0.1, 0.15) is 6.10 Å². The molecule has 1 saturated heterocycles. The number of alkyl halides is 15. The number of carbonyl (C=O) groups is 1. The van der Waals surface area contributed by atoms with Gasteiger partial charge in [0, 0.05) is 23.9 Å². The van der Waals surface area contributed by atoms with Crippen LogP contribution < -0.4 is 0 Å². The van der Waals surface area contributed by atoms with Crippen LogP contribution in [0.25, 0.3) is 0 Å². The van der Waals surface area contributed by atoms with Crippen molar-refractivity contribution in [3.05, 3.63) is 0 Å². The molecule has 1 heterocycles. The molecule has 0 bridgehead atoms. The third kappa shape index (κ3) is 4.47. The predicted octanol–water partition coefficient (Wildman–Crippen LogP) is 6.27. The van der Waals surface area contributed by atoms with E-state index in [1.807, 2.05) is 0 Å². The average Bonchev–Trinajstić information content (AvgIpc) is 2.63. The summed E-state index contributed by atoms with van der Waals surface area (Å²) in [6.45, 7) is 4.58. The van der Waals surface area contributed by atoms with Crippen LogP contribution in [-0.4, -0.2) is 69.9 Å². The van der Waals surface area contributed by atoms with Crippen LogP contribution in [0.4, 0.5) is 65.9 Å². The van der Waals surface area contributed by atoms with Crippen LogP contribution in [-0.2, 0) is 14.7 Å². The van der Waals surface area contributed by atoms with E-state index >= 15 is 0 Å². The lowest BCUT2D eigenvalue weighted by molar-refractivity contribution is -0.450. The summed E-state index contributed by atoms with van der Waals surface area (Å²) in [6, 6.07) is 0. The van der Waals surface area contributed by atoms with Crippen molar-refractivity contribution in [3.63, 3.8) is 0 Å². The topological polar surface area (TPSA) is 49.4 Å². The molecule has 0 spiro atoms. The lowest BCUT2D eigenvalue weighted by Gasteiger charge is -2.49. The fraction of sp³-hybridized carbons (Fsp3) is 0.941. The zero-order chi connectivity index (χ0) is 29.4. The lowest BCUT2D eigenvalue weighted by Crippen LogP contribution is -2.73. The number of hydrogen-bond acceptors (Lipinski definition) is 3. The van der Waals surface area contributed by atoms with E-state index in [1.165, 1.54) is 0 Å². The molecule has 0 aromatic carbocycles. The van der Waals surface area contributed by atoms with E-state index in [0.717, 1.165) is 27.7 Å². The molecule has 19 heteroatoms. The molecule has 0 aromatic heterocycles. The average molecular weight is 568 g/mol. The Morgan fingerprint density at radius 1 is 0.639 bits per heavy atom. The molecule has 1 aliphatic heterocycles. The molecular weight excluding hydrogens is 551 g/mol. The molecule has 1 fully saturated rings. The summed E-state index contributed by atoms with van der Waals surface area (Å²) in [5.41, 5.74) is -3.13. The highest BCUT2D eigenvalue weighted by atomic mass is 19.4. The van der Waals surface area contributed by atoms with Crippen molar-refractivity contribution in [2.75, 3.05) is 0 Å². The van der Waals surface area contributed by atoms with Crippen molar-refractivity contribution in [2.45, 2.75) is 99.4 Å².